The van der Waals surface area contributed by atoms with E-state index in [1.165, 1.54) is 11.8 Å². The van der Waals surface area contributed by atoms with Crippen molar-refractivity contribution < 1.29 is 19.3 Å². The van der Waals surface area contributed by atoms with Crippen molar-refractivity contribution in [3.05, 3.63) is 0 Å². The van der Waals surface area contributed by atoms with Crippen LogP contribution in [-0.2, 0) is 21.1 Å². The molecule has 2 N–H and O–H groups in total. The van der Waals surface area contributed by atoms with Gasteiger partial charge in [-0.2, -0.15) is 11.8 Å². The Labute approximate surface area is 126 Å². The third kappa shape index (κ3) is 4.99. The van der Waals surface area contributed by atoms with Crippen molar-refractivity contribution >= 4 is 37.9 Å². The van der Waals surface area contributed by atoms with E-state index in [1.807, 2.05) is 27.7 Å². The summed E-state index contributed by atoms with van der Waals surface area (Å²) in [5.74, 6) is 0. The lowest BCUT2D eigenvalue weighted by Gasteiger charge is -2.29. The van der Waals surface area contributed by atoms with Gasteiger partial charge in [-0.1, -0.05) is 13.8 Å². The van der Waals surface area contributed by atoms with Gasteiger partial charge in [-0.3, -0.25) is 0 Å². The minimum atomic E-state index is -2.91. The average molecular weight is 324 g/mol. The molecule has 2 unspecified atom stereocenters. The Balaban J connectivity index is 2.72. The molecule has 0 aromatic rings. The topological polar surface area (TPSA) is 58.9 Å². The monoisotopic (exact) mass is 324 g/mol. The molecule has 0 amide bonds. The van der Waals surface area contributed by atoms with Crippen LogP contribution < -0.4 is 0 Å². The molecule has 0 saturated carbocycles. The predicted octanol–water partition coefficient (Wildman–Crippen LogP) is 1.48. The molecule has 0 bridgehead atoms. The first kappa shape index (κ1) is 18.0. The van der Waals surface area contributed by atoms with Gasteiger partial charge in [0.2, 0.25) is 0 Å². The minimum absolute atomic E-state index is 0.0949. The normalized spacial score (nSPS) is 34.9. The van der Waals surface area contributed by atoms with Gasteiger partial charge in [0, 0.05) is 5.66 Å². The predicted molar refractivity (Wildman–Crippen MR) is 84.5 cm³/mol. The highest BCUT2D eigenvalue weighted by molar-refractivity contribution is 8.09. The van der Waals surface area contributed by atoms with Crippen LogP contribution in [0.3, 0.4) is 0 Å². The van der Waals surface area contributed by atoms with Gasteiger partial charge in [0.25, 0.3) is 0 Å². The Morgan fingerprint density at radius 2 is 1.95 bits per heavy atom. The van der Waals surface area contributed by atoms with Gasteiger partial charge in [-0.05, 0) is 30.8 Å². The van der Waals surface area contributed by atoms with E-state index < -0.39 is 23.8 Å². The highest BCUT2D eigenvalue weighted by Gasteiger charge is 2.44. The van der Waals surface area contributed by atoms with Gasteiger partial charge >= 0.3 is 0 Å². The van der Waals surface area contributed by atoms with E-state index >= 15 is 0 Å². The van der Waals surface area contributed by atoms with Crippen molar-refractivity contribution in [2.75, 3.05) is 6.61 Å². The third-order valence-corrected chi connectivity index (χ3v) is 7.61. The largest absolute Gasteiger partial charge is 0.390 e. The van der Waals surface area contributed by atoms with Crippen molar-refractivity contribution in [2.24, 2.45) is 0 Å². The summed E-state index contributed by atoms with van der Waals surface area (Å²) in [5, 5.41) is 9.52. The van der Waals surface area contributed by atoms with Crippen LogP contribution >= 0.6 is 18.3 Å². The molecule has 0 spiro atoms. The lowest BCUT2D eigenvalue weighted by Crippen LogP contribution is -2.37. The number of hydrogen-bond donors (Lipinski definition) is 2. The number of aliphatic hydroxyl groups is 1. The van der Waals surface area contributed by atoms with Gasteiger partial charge < -0.3 is 19.3 Å². The zero-order valence-electron chi connectivity index (χ0n) is 11.7. The molecule has 5 atom stereocenters. The second kappa shape index (κ2) is 7.25. The summed E-state index contributed by atoms with van der Waals surface area (Å²) in [4.78, 5) is 10.2. The van der Waals surface area contributed by atoms with Crippen LogP contribution in [0, 0.1) is 0 Å². The zero-order chi connectivity index (χ0) is 14.8. The molecular weight excluding hydrogens is 302 g/mol. The molecule has 110 valence electrons. The third-order valence-electron chi connectivity index (χ3n) is 2.89. The molecule has 1 aliphatic heterocycles. The van der Waals surface area contributed by atoms with Gasteiger partial charge in [0.1, 0.15) is 6.10 Å². The van der Waals surface area contributed by atoms with Crippen LogP contribution in [0.4, 0.5) is 0 Å². The lowest BCUT2D eigenvalue weighted by atomic mass is 9.94. The smallest absolute Gasteiger partial charge is 0.189 e. The van der Waals surface area contributed by atoms with Gasteiger partial charge in [-0.25, -0.2) is 0 Å². The second-order valence-corrected chi connectivity index (χ2v) is 10.6. The molecule has 8 heteroatoms. The minimum Gasteiger partial charge on any atom is -0.390 e. The molecular formula is C11H22BO4PS2. The molecule has 0 aromatic carbocycles. The van der Waals surface area contributed by atoms with Gasteiger partial charge in [0.05, 0.1) is 31.9 Å². The fraction of sp³-hybridized carbons (Fsp3) is 1.00. The number of thioether (sulfide) groups is 1. The highest BCUT2D eigenvalue weighted by atomic mass is 32.5. The molecule has 4 nitrogen and oxygen atoms in total. The number of hydrogen-bond acceptors (Lipinski definition) is 5. The van der Waals surface area contributed by atoms with E-state index in [2.05, 4.69) is 0 Å². The van der Waals surface area contributed by atoms with E-state index in [0.717, 1.165) is 0 Å². The standard InChI is InChI=1S/C11H22BO4PS2/c1-6(2)15-5-8-10(9(13)11(12)19-8)16-17(14,18)7(3)4/h6-11,13H,5H2,1-4H3,(H,14,18)/t8-,9-,10?,11-,17?/m1/s1. The van der Waals surface area contributed by atoms with E-state index in [-0.39, 0.29) is 17.0 Å². The fourth-order valence-corrected chi connectivity index (χ4v) is 4.11. The molecule has 1 fully saturated rings. The van der Waals surface area contributed by atoms with E-state index in [1.54, 1.807) is 0 Å². The lowest BCUT2D eigenvalue weighted by molar-refractivity contribution is 0.0185. The van der Waals surface area contributed by atoms with Crippen molar-refractivity contribution in [3.63, 3.8) is 0 Å². The Morgan fingerprint density at radius 3 is 2.42 bits per heavy atom. The van der Waals surface area contributed by atoms with Gasteiger partial charge in [-0.15, -0.1) is 0 Å². The van der Waals surface area contributed by atoms with Gasteiger partial charge in [0.15, 0.2) is 6.49 Å². The maximum atomic E-state index is 10.2. The molecule has 1 saturated heterocycles. The maximum absolute atomic E-state index is 10.2. The second-order valence-electron chi connectivity index (χ2n) is 5.24. The van der Waals surface area contributed by atoms with E-state index in [4.69, 9.17) is 28.9 Å². The van der Waals surface area contributed by atoms with Crippen molar-refractivity contribution in [2.45, 2.75) is 62.1 Å². The van der Waals surface area contributed by atoms with Crippen molar-refractivity contribution in [1.82, 2.24) is 0 Å². The molecule has 1 rings (SSSR count). The number of rotatable bonds is 6. The summed E-state index contributed by atoms with van der Waals surface area (Å²) in [5.41, 5.74) is -0.150. The SMILES string of the molecule is [B][C@@H]1S[C@H](COC(C)C)C(OP(O)(=S)C(C)C)[C@H]1O. The van der Waals surface area contributed by atoms with Crippen LogP contribution in [-0.4, -0.2) is 58.8 Å². The van der Waals surface area contributed by atoms with E-state index in [9.17, 15) is 10.00 Å². The molecule has 1 aliphatic rings. The van der Waals surface area contributed by atoms with Crippen LogP contribution in [0.5, 0.6) is 0 Å². The summed E-state index contributed by atoms with van der Waals surface area (Å²) < 4.78 is 11.2. The molecule has 0 aromatic heterocycles. The molecule has 0 aliphatic carbocycles. The number of aliphatic hydroxyl groups excluding tert-OH is 1. The first-order valence-electron chi connectivity index (χ1n) is 6.36. The summed E-state index contributed by atoms with van der Waals surface area (Å²) in [7, 11) is 5.83. The molecule has 1 heterocycles. The van der Waals surface area contributed by atoms with Crippen molar-refractivity contribution in [3.8, 4) is 0 Å². The first-order chi connectivity index (χ1) is 8.65. The first-order valence-corrected chi connectivity index (χ1v) is 10.0. The summed E-state index contributed by atoms with van der Waals surface area (Å²) in [6, 6.07) is 0. The Bertz CT molecular complexity index is 343. The van der Waals surface area contributed by atoms with Crippen LogP contribution in [0.25, 0.3) is 0 Å². The van der Waals surface area contributed by atoms with Crippen molar-refractivity contribution in [1.29, 1.82) is 0 Å². The highest BCUT2D eigenvalue weighted by Crippen LogP contribution is 2.52. The summed E-state index contributed by atoms with van der Waals surface area (Å²) in [6.07, 6.45) is -1.31. The van der Waals surface area contributed by atoms with E-state index in [0.29, 0.717) is 6.61 Å². The maximum Gasteiger partial charge on any atom is 0.189 e. The van der Waals surface area contributed by atoms with Crippen LogP contribution in [0.15, 0.2) is 0 Å². The molecule has 19 heavy (non-hydrogen) atoms. The summed E-state index contributed by atoms with van der Waals surface area (Å²) >= 11 is 6.54. The van der Waals surface area contributed by atoms with Crippen LogP contribution in [0.1, 0.15) is 27.7 Å². The van der Waals surface area contributed by atoms with Crippen LogP contribution in [0.2, 0.25) is 0 Å². The fourth-order valence-electron chi connectivity index (χ4n) is 1.61. The summed E-state index contributed by atoms with van der Waals surface area (Å²) in [6.45, 7) is 5.02. The zero-order valence-corrected chi connectivity index (χ0v) is 14.3. The number of ether oxygens (including phenoxy) is 1. The molecule has 2 radical (unpaired) electrons. The Kier molecular flexibility index (Phi) is 6.86. The average Bonchev–Trinajstić information content (AvgIpc) is 2.53. The Hall–Kier alpha value is 0.905. The Morgan fingerprint density at radius 1 is 1.37 bits per heavy atom. The quantitative estimate of drug-likeness (QED) is 0.570.